The lowest BCUT2D eigenvalue weighted by atomic mass is 9.93. The first-order valence-electron chi connectivity index (χ1n) is 8.48. The van der Waals surface area contributed by atoms with E-state index in [0.29, 0.717) is 0 Å². The molecule has 4 aromatic rings. The van der Waals surface area contributed by atoms with Crippen LogP contribution in [0.1, 0.15) is 28.4 Å². The molecule has 0 bridgehead atoms. The Hall–Kier alpha value is -2.65. The number of pyridine rings is 1. The number of aryl methyl sites for hydroxylation is 1. The molecule has 1 aliphatic rings. The fraction of sp³-hybridized carbons (Fsp3) is 0.190. The van der Waals surface area contributed by atoms with Crippen LogP contribution in [0.3, 0.4) is 0 Å². The molecule has 0 amide bonds. The number of fused-ring (bicyclic) bond motifs is 4. The number of aromatic nitrogens is 2. The zero-order chi connectivity index (χ0) is 16.1. The van der Waals surface area contributed by atoms with Crippen molar-refractivity contribution in [1.29, 1.82) is 0 Å². The summed E-state index contributed by atoms with van der Waals surface area (Å²) in [6.45, 7) is 3.17. The predicted molar refractivity (Wildman–Crippen MR) is 98.3 cm³/mol. The summed E-state index contributed by atoms with van der Waals surface area (Å²) in [7, 11) is 0. The molecule has 2 N–H and O–H groups in total. The minimum atomic E-state index is 0.221. The maximum absolute atomic E-state index is 4.21. The summed E-state index contributed by atoms with van der Waals surface area (Å²) in [6.07, 6.45) is 4.86. The minimum absolute atomic E-state index is 0.221. The SMILES string of the molecule is Cc1ccc2[nH]c3c(c2c1)CCNC3c1ccc2cnccc2c1. The van der Waals surface area contributed by atoms with Crippen LogP contribution in [0, 0.1) is 6.92 Å². The summed E-state index contributed by atoms with van der Waals surface area (Å²) in [5, 5.41) is 7.49. The van der Waals surface area contributed by atoms with Crippen molar-refractivity contribution in [2.24, 2.45) is 0 Å². The molecule has 2 aromatic heterocycles. The number of nitrogens with one attached hydrogen (secondary N) is 2. The van der Waals surface area contributed by atoms with Gasteiger partial charge in [0.2, 0.25) is 0 Å². The lowest BCUT2D eigenvalue weighted by Crippen LogP contribution is -2.30. The van der Waals surface area contributed by atoms with Crippen molar-refractivity contribution in [1.82, 2.24) is 15.3 Å². The Kier molecular flexibility index (Phi) is 2.97. The second-order valence-electron chi connectivity index (χ2n) is 6.69. The molecule has 1 atom stereocenters. The molecule has 0 saturated carbocycles. The van der Waals surface area contributed by atoms with Gasteiger partial charge in [-0.15, -0.1) is 0 Å². The molecule has 0 spiro atoms. The van der Waals surface area contributed by atoms with Gasteiger partial charge >= 0.3 is 0 Å². The first kappa shape index (κ1) is 13.8. The van der Waals surface area contributed by atoms with Crippen LogP contribution in [-0.2, 0) is 6.42 Å². The number of benzene rings is 2. The Morgan fingerprint density at radius 2 is 2.00 bits per heavy atom. The highest BCUT2D eigenvalue weighted by molar-refractivity contribution is 5.86. The van der Waals surface area contributed by atoms with Crippen LogP contribution in [0.25, 0.3) is 21.7 Å². The van der Waals surface area contributed by atoms with E-state index >= 15 is 0 Å². The van der Waals surface area contributed by atoms with E-state index in [2.05, 4.69) is 64.7 Å². The number of hydrogen-bond donors (Lipinski definition) is 2. The first-order chi connectivity index (χ1) is 11.8. The van der Waals surface area contributed by atoms with Crippen molar-refractivity contribution in [2.75, 3.05) is 6.54 Å². The van der Waals surface area contributed by atoms with Gasteiger partial charge in [-0.1, -0.05) is 23.8 Å². The van der Waals surface area contributed by atoms with Crippen molar-refractivity contribution >= 4 is 21.7 Å². The summed E-state index contributed by atoms with van der Waals surface area (Å²) in [6, 6.07) is 15.6. The predicted octanol–water partition coefficient (Wildman–Crippen LogP) is 4.26. The van der Waals surface area contributed by atoms with Gasteiger partial charge in [-0.3, -0.25) is 4.98 Å². The van der Waals surface area contributed by atoms with Gasteiger partial charge in [0.1, 0.15) is 0 Å². The van der Waals surface area contributed by atoms with E-state index in [1.165, 1.54) is 44.1 Å². The van der Waals surface area contributed by atoms with Crippen LogP contribution in [-0.4, -0.2) is 16.5 Å². The lowest BCUT2D eigenvalue weighted by molar-refractivity contribution is 0.561. The van der Waals surface area contributed by atoms with Crippen LogP contribution in [0.5, 0.6) is 0 Å². The van der Waals surface area contributed by atoms with Crippen molar-refractivity contribution in [3.05, 3.63) is 77.2 Å². The Labute approximate surface area is 140 Å². The lowest BCUT2D eigenvalue weighted by Gasteiger charge is -2.25. The maximum atomic E-state index is 4.21. The van der Waals surface area contributed by atoms with E-state index in [4.69, 9.17) is 0 Å². The summed E-state index contributed by atoms with van der Waals surface area (Å²) in [5.74, 6) is 0. The summed E-state index contributed by atoms with van der Waals surface area (Å²) in [5.41, 5.74) is 6.64. The molecule has 24 heavy (non-hydrogen) atoms. The smallest absolute Gasteiger partial charge is 0.0732 e. The van der Waals surface area contributed by atoms with E-state index in [1.807, 2.05) is 12.4 Å². The van der Waals surface area contributed by atoms with E-state index < -0.39 is 0 Å². The third kappa shape index (κ3) is 2.05. The average molecular weight is 313 g/mol. The standard InChI is InChI=1S/C21H19N3/c1-13-2-5-19-18(10-13)17-7-9-23-20(21(17)24-19)15-3-4-16-12-22-8-6-14(16)11-15/h2-6,8,10-12,20,23-24H,7,9H2,1H3. The third-order valence-electron chi connectivity index (χ3n) is 5.10. The van der Waals surface area contributed by atoms with Crippen LogP contribution >= 0.6 is 0 Å². The van der Waals surface area contributed by atoms with Gasteiger partial charge in [0.25, 0.3) is 0 Å². The highest BCUT2D eigenvalue weighted by Gasteiger charge is 2.25. The zero-order valence-corrected chi connectivity index (χ0v) is 13.6. The highest BCUT2D eigenvalue weighted by Crippen LogP contribution is 2.34. The van der Waals surface area contributed by atoms with Gasteiger partial charge in [-0.25, -0.2) is 0 Å². The molecule has 3 nitrogen and oxygen atoms in total. The molecule has 0 radical (unpaired) electrons. The Balaban J connectivity index is 1.69. The number of aromatic amines is 1. The molecule has 0 saturated heterocycles. The molecular weight excluding hydrogens is 294 g/mol. The van der Waals surface area contributed by atoms with E-state index in [9.17, 15) is 0 Å². The molecule has 3 heteroatoms. The average Bonchev–Trinajstić information content (AvgIpc) is 2.99. The van der Waals surface area contributed by atoms with E-state index in [-0.39, 0.29) is 6.04 Å². The minimum Gasteiger partial charge on any atom is -0.357 e. The van der Waals surface area contributed by atoms with Crippen molar-refractivity contribution in [3.63, 3.8) is 0 Å². The van der Waals surface area contributed by atoms with Gasteiger partial charge in [0.05, 0.1) is 6.04 Å². The summed E-state index contributed by atoms with van der Waals surface area (Å²) >= 11 is 0. The number of nitrogens with zero attached hydrogens (tertiary/aromatic N) is 1. The van der Waals surface area contributed by atoms with Crippen LogP contribution in [0.15, 0.2) is 54.9 Å². The van der Waals surface area contributed by atoms with E-state index in [1.54, 1.807) is 0 Å². The molecule has 0 aliphatic carbocycles. The Morgan fingerprint density at radius 3 is 2.96 bits per heavy atom. The normalized spacial score (nSPS) is 17.3. The number of hydrogen-bond acceptors (Lipinski definition) is 2. The second-order valence-corrected chi connectivity index (χ2v) is 6.69. The summed E-state index contributed by atoms with van der Waals surface area (Å²) < 4.78 is 0. The Morgan fingerprint density at radius 1 is 1.04 bits per heavy atom. The zero-order valence-electron chi connectivity index (χ0n) is 13.6. The van der Waals surface area contributed by atoms with Crippen LogP contribution in [0.4, 0.5) is 0 Å². The molecule has 5 rings (SSSR count). The molecule has 3 heterocycles. The highest BCUT2D eigenvalue weighted by atomic mass is 15.0. The van der Waals surface area contributed by atoms with Gasteiger partial charge < -0.3 is 10.3 Å². The topological polar surface area (TPSA) is 40.7 Å². The van der Waals surface area contributed by atoms with Gasteiger partial charge in [-0.05, 0) is 54.1 Å². The Bertz CT molecular complexity index is 1060. The molecular formula is C21H19N3. The largest absolute Gasteiger partial charge is 0.357 e. The van der Waals surface area contributed by atoms with Crippen molar-refractivity contribution in [3.8, 4) is 0 Å². The monoisotopic (exact) mass is 313 g/mol. The summed E-state index contributed by atoms with van der Waals surface area (Å²) in [4.78, 5) is 7.87. The number of rotatable bonds is 1. The first-order valence-corrected chi connectivity index (χ1v) is 8.48. The number of H-pyrrole nitrogens is 1. The van der Waals surface area contributed by atoms with Gasteiger partial charge in [-0.2, -0.15) is 0 Å². The maximum Gasteiger partial charge on any atom is 0.0732 e. The van der Waals surface area contributed by atoms with Crippen molar-refractivity contribution < 1.29 is 0 Å². The molecule has 1 aliphatic heterocycles. The van der Waals surface area contributed by atoms with Crippen LogP contribution < -0.4 is 5.32 Å². The van der Waals surface area contributed by atoms with E-state index in [0.717, 1.165) is 13.0 Å². The molecule has 0 fully saturated rings. The fourth-order valence-corrected chi connectivity index (χ4v) is 3.91. The van der Waals surface area contributed by atoms with Crippen molar-refractivity contribution in [2.45, 2.75) is 19.4 Å². The second kappa shape index (κ2) is 5.18. The third-order valence-corrected chi connectivity index (χ3v) is 5.10. The van der Waals surface area contributed by atoms with Crippen LogP contribution in [0.2, 0.25) is 0 Å². The van der Waals surface area contributed by atoms with Gasteiger partial charge in [0, 0.05) is 40.9 Å². The van der Waals surface area contributed by atoms with Gasteiger partial charge in [0.15, 0.2) is 0 Å². The molecule has 2 aromatic carbocycles. The molecule has 1 unspecified atom stereocenters. The fourth-order valence-electron chi connectivity index (χ4n) is 3.91. The quantitative estimate of drug-likeness (QED) is 0.551. The molecule has 118 valence electrons.